The van der Waals surface area contributed by atoms with Gasteiger partial charge in [0.2, 0.25) is 0 Å². The van der Waals surface area contributed by atoms with Gasteiger partial charge in [-0.3, -0.25) is 0 Å². The summed E-state index contributed by atoms with van der Waals surface area (Å²) in [5.74, 6) is 0.184. The van der Waals surface area contributed by atoms with E-state index in [1.54, 1.807) is 12.1 Å². The molecule has 0 atom stereocenters. The zero-order valence-corrected chi connectivity index (χ0v) is 16.1. The zero-order valence-electron chi connectivity index (χ0n) is 15.4. The van der Waals surface area contributed by atoms with Gasteiger partial charge < -0.3 is 14.6 Å². The molecular weight excluding hydrogens is 360 g/mol. The number of fused-ring (bicyclic) bond motifs is 1. The Kier molecular flexibility index (Phi) is 4.77. The lowest BCUT2D eigenvalue weighted by Crippen LogP contribution is -2.24. The van der Waals surface area contributed by atoms with E-state index in [1.165, 1.54) is 0 Å². The molecule has 1 aliphatic rings. The van der Waals surface area contributed by atoms with Crippen LogP contribution in [-0.2, 0) is 0 Å². The van der Waals surface area contributed by atoms with E-state index in [4.69, 9.17) is 16.3 Å². The number of carbonyl (C=O) groups excluding carboxylic acids is 1. The van der Waals surface area contributed by atoms with Gasteiger partial charge in [0.25, 0.3) is 0 Å². The van der Waals surface area contributed by atoms with E-state index in [9.17, 15) is 4.79 Å². The zero-order chi connectivity index (χ0) is 19.0. The largest absolute Gasteiger partial charge is 0.420 e. The molecule has 1 aliphatic heterocycles. The van der Waals surface area contributed by atoms with Gasteiger partial charge in [-0.25, -0.2) is 4.79 Å². The monoisotopic (exact) mass is 380 g/mol. The predicted octanol–water partition coefficient (Wildman–Crippen LogP) is 5.07. The molecule has 0 saturated heterocycles. The van der Waals surface area contributed by atoms with Gasteiger partial charge in [0.15, 0.2) is 5.75 Å². The van der Waals surface area contributed by atoms with Crippen molar-refractivity contribution in [2.45, 2.75) is 13.3 Å². The summed E-state index contributed by atoms with van der Waals surface area (Å²) in [5, 5.41) is 1.46. The van der Waals surface area contributed by atoms with E-state index in [2.05, 4.69) is 23.0 Å². The Labute approximate surface area is 163 Å². The van der Waals surface area contributed by atoms with Crippen molar-refractivity contribution < 1.29 is 9.53 Å². The van der Waals surface area contributed by atoms with Gasteiger partial charge in [-0.1, -0.05) is 35.9 Å². The highest BCUT2D eigenvalue weighted by atomic mass is 35.5. The normalized spacial score (nSPS) is 15.0. The first kappa shape index (κ1) is 17.8. The molecule has 0 aliphatic carbocycles. The van der Waals surface area contributed by atoms with Crippen LogP contribution in [0.15, 0.2) is 48.5 Å². The molecule has 2 heterocycles. The lowest BCUT2D eigenvalue weighted by molar-refractivity contribution is 0.0736. The van der Waals surface area contributed by atoms with Gasteiger partial charge in [-0.2, -0.15) is 0 Å². The molecule has 0 radical (unpaired) electrons. The Hall–Kier alpha value is -2.56. The summed E-state index contributed by atoms with van der Waals surface area (Å²) in [6.45, 7) is 3.80. The summed E-state index contributed by atoms with van der Waals surface area (Å²) in [6.07, 6.45) is 3.06. The number of nitrogens with one attached hydrogen (secondary N) is 1. The van der Waals surface area contributed by atoms with Crippen LogP contribution in [0.5, 0.6) is 5.75 Å². The van der Waals surface area contributed by atoms with Crippen molar-refractivity contribution in [3.05, 3.63) is 70.4 Å². The number of likely N-dealkylation sites (N-methyl/N-ethyl adjacent to an activating group) is 1. The van der Waals surface area contributed by atoms with Crippen molar-refractivity contribution in [3.8, 4) is 5.75 Å². The van der Waals surface area contributed by atoms with E-state index in [0.29, 0.717) is 16.3 Å². The van der Waals surface area contributed by atoms with Crippen molar-refractivity contribution in [1.29, 1.82) is 0 Å². The molecule has 3 aromatic rings. The highest BCUT2D eigenvalue weighted by molar-refractivity contribution is 6.35. The molecule has 27 heavy (non-hydrogen) atoms. The number of aryl methyl sites for hydroxylation is 1. The Morgan fingerprint density at radius 1 is 1.22 bits per heavy atom. The Morgan fingerprint density at radius 3 is 2.70 bits per heavy atom. The Bertz CT molecular complexity index is 1040. The van der Waals surface area contributed by atoms with E-state index in [1.807, 2.05) is 37.3 Å². The molecule has 5 heteroatoms. The summed E-state index contributed by atoms with van der Waals surface area (Å²) in [6, 6.07) is 13.0. The maximum absolute atomic E-state index is 12.7. The predicted molar refractivity (Wildman–Crippen MR) is 110 cm³/mol. The molecule has 138 valence electrons. The van der Waals surface area contributed by atoms with Gasteiger partial charge >= 0.3 is 5.97 Å². The molecule has 0 spiro atoms. The van der Waals surface area contributed by atoms with Crippen molar-refractivity contribution >= 4 is 34.0 Å². The number of esters is 1. The van der Waals surface area contributed by atoms with Crippen LogP contribution >= 0.6 is 11.6 Å². The lowest BCUT2D eigenvalue weighted by Gasteiger charge is -2.21. The van der Waals surface area contributed by atoms with E-state index in [-0.39, 0.29) is 5.97 Å². The number of aromatic amines is 1. The van der Waals surface area contributed by atoms with Crippen LogP contribution in [0.4, 0.5) is 0 Å². The van der Waals surface area contributed by atoms with Crippen LogP contribution in [0.2, 0.25) is 5.02 Å². The van der Waals surface area contributed by atoms with Crippen molar-refractivity contribution in [2.24, 2.45) is 0 Å². The van der Waals surface area contributed by atoms with Crippen LogP contribution in [0.25, 0.3) is 16.5 Å². The van der Waals surface area contributed by atoms with E-state index >= 15 is 0 Å². The van der Waals surface area contributed by atoms with Crippen LogP contribution < -0.4 is 4.74 Å². The van der Waals surface area contributed by atoms with Crippen LogP contribution in [-0.4, -0.2) is 36.0 Å². The highest BCUT2D eigenvalue weighted by Crippen LogP contribution is 2.40. The first-order chi connectivity index (χ1) is 13.0. The fourth-order valence-electron chi connectivity index (χ4n) is 3.42. The molecule has 2 aromatic carbocycles. The van der Waals surface area contributed by atoms with Gasteiger partial charge in [0, 0.05) is 18.5 Å². The van der Waals surface area contributed by atoms with Crippen LogP contribution in [0, 0.1) is 6.92 Å². The fourth-order valence-corrected chi connectivity index (χ4v) is 3.74. The first-order valence-electron chi connectivity index (χ1n) is 9.00. The number of rotatable bonds is 3. The molecule has 1 aromatic heterocycles. The average molecular weight is 381 g/mol. The summed E-state index contributed by atoms with van der Waals surface area (Å²) >= 11 is 6.46. The van der Waals surface area contributed by atoms with Crippen molar-refractivity contribution in [1.82, 2.24) is 9.88 Å². The van der Waals surface area contributed by atoms with Crippen LogP contribution in [0.1, 0.15) is 28.0 Å². The molecule has 0 saturated carbocycles. The molecule has 0 fully saturated rings. The number of H-pyrrole nitrogens is 1. The number of aromatic nitrogens is 1. The quantitative estimate of drug-likeness (QED) is 0.645. The van der Waals surface area contributed by atoms with Gasteiger partial charge in [-0.15, -0.1) is 0 Å². The number of nitrogens with zero attached hydrogens (tertiary/aromatic N) is 1. The summed E-state index contributed by atoms with van der Waals surface area (Å²) in [5.41, 5.74) is 4.33. The molecule has 1 N–H and O–H groups in total. The highest BCUT2D eigenvalue weighted by Gasteiger charge is 2.23. The van der Waals surface area contributed by atoms with E-state index < -0.39 is 0 Å². The molecule has 4 rings (SSSR count). The number of carbonyl (C=O) groups is 1. The molecular formula is C22H21ClN2O2. The summed E-state index contributed by atoms with van der Waals surface area (Å²) < 4.78 is 5.89. The second-order valence-electron chi connectivity index (χ2n) is 7.00. The number of ether oxygens (including phenoxy) is 1. The minimum Gasteiger partial charge on any atom is -0.420 e. The number of halogens is 1. The third-order valence-corrected chi connectivity index (χ3v) is 5.19. The Morgan fingerprint density at radius 2 is 2.00 bits per heavy atom. The maximum Gasteiger partial charge on any atom is 0.343 e. The second-order valence-corrected chi connectivity index (χ2v) is 7.40. The smallest absolute Gasteiger partial charge is 0.343 e. The van der Waals surface area contributed by atoms with Crippen molar-refractivity contribution in [2.75, 3.05) is 20.1 Å². The summed E-state index contributed by atoms with van der Waals surface area (Å²) in [4.78, 5) is 18.4. The fraction of sp³-hybridized carbons (Fsp3) is 0.227. The molecule has 0 bridgehead atoms. The van der Waals surface area contributed by atoms with Gasteiger partial charge in [0.1, 0.15) is 0 Å². The Balaban J connectivity index is 1.83. The van der Waals surface area contributed by atoms with Gasteiger partial charge in [0.05, 0.1) is 21.8 Å². The molecule has 4 nitrogen and oxygen atoms in total. The minimum absolute atomic E-state index is 0.371. The lowest BCUT2D eigenvalue weighted by atomic mass is 10.0. The van der Waals surface area contributed by atoms with E-state index in [0.717, 1.165) is 47.2 Å². The maximum atomic E-state index is 12.7. The second kappa shape index (κ2) is 7.22. The van der Waals surface area contributed by atoms with Crippen LogP contribution in [0.3, 0.4) is 0 Å². The third kappa shape index (κ3) is 3.51. The third-order valence-electron chi connectivity index (χ3n) is 4.89. The van der Waals surface area contributed by atoms with Crippen molar-refractivity contribution in [3.63, 3.8) is 0 Å². The van der Waals surface area contributed by atoms with Gasteiger partial charge in [-0.05, 0) is 55.8 Å². The summed E-state index contributed by atoms with van der Waals surface area (Å²) in [7, 11) is 2.09. The number of hydrogen-bond donors (Lipinski definition) is 1. The number of benzene rings is 2. The molecule has 0 unspecified atom stereocenters. The minimum atomic E-state index is -0.371. The topological polar surface area (TPSA) is 45.3 Å². The number of hydrogen-bond acceptors (Lipinski definition) is 3. The standard InChI is InChI=1S/C22H21ClN2O2/c1-14-12-17-20(18(23)13-14)24-19(15-8-10-25(2)11-9-15)21(17)27-22(26)16-6-4-3-5-7-16/h3-8,12-13,24H,9-11H2,1-2H3. The first-order valence-corrected chi connectivity index (χ1v) is 9.37. The molecule has 0 amide bonds. The average Bonchev–Trinajstić information content (AvgIpc) is 3.02. The SMILES string of the molecule is Cc1cc(Cl)c2[nH]c(C3=CCN(C)CC3)c(OC(=O)c3ccccc3)c2c1.